The Labute approximate surface area is 94.4 Å². The number of aromatic carboxylic acids is 1. The number of hydrogen-bond acceptors (Lipinski definition) is 4. The molecule has 2 rings (SSSR count). The third-order valence-electron chi connectivity index (χ3n) is 1.97. The number of aryl methyl sites for hydroxylation is 1. The summed E-state index contributed by atoms with van der Waals surface area (Å²) in [6.07, 6.45) is 0. The fraction of sp³-hybridized carbons (Fsp3) is 0.100. The maximum Gasteiger partial charge on any atom is 0.354 e. The summed E-state index contributed by atoms with van der Waals surface area (Å²) < 4.78 is 0. The number of H-pyrrole nitrogens is 1. The Morgan fingerprint density at radius 2 is 2.25 bits per heavy atom. The van der Waals surface area contributed by atoms with Crippen LogP contribution in [0.15, 0.2) is 23.0 Å². The minimum Gasteiger partial charge on any atom is -0.477 e. The van der Waals surface area contributed by atoms with E-state index in [0.717, 1.165) is 9.75 Å². The molecule has 0 aliphatic carbocycles. The second-order valence-corrected chi connectivity index (χ2v) is 4.49. The lowest BCUT2D eigenvalue weighted by Crippen LogP contribution is -2.16. The van der Waals surface area contributed by atoms with Gasteiger partial charge in [0.05, 0.1) is 10.6 Å². The zero-order chi connectivity index (χ0) is 11.7. The summed E-state index contributed by atoms with van der Waals surface area (Å²) in [5.74, 6) is -1.21. The molecule has 16 heavy (non-hydrogen) atoms. The third-order valence-corrected chi connectivity index (χ3v) is 3.00. The maximum absolute atomic E-state index is 11.2. The zero-order valence-electron chi connectivity index (χ0n) is 8.35. The van der Waals surface area contributed by atoms with Crippen LogP contribution in [0.1, 0.15) is 15.4 Å². The molecule has 5 nitrogen and oxygen atoms in total. The van der Waals surface area contributed by atoms with Crippen LogP contribution >= 0.6 is 11.3 Å². The molecular formula is C10H8N2O3S. The average molecular weight is 236 g/mol. The molecule has 0 saturated heterocycles. The standard InChI is InChI=1S/C10H8N2O3S/c1-5-2-3-8(16-5)6-4-7(9(13)14)12-10(15)11-6/h2-4H,1H3,(H,13,14)(H,11,12,15). The van der Waals surface area contributed by atoms with Gasteiger partial charge < -0.3 is 10.1 Å². The Hall–Kier alpha value is -1.95. The first-order valence-corrected chi connectivity index (χ1v) is 5.29. The predicted molar refractivity (Wildman–Crippen MR) is 59.9 cm³/mol. The van der Waals surface area contributed by atoms with Crippen molar-refractivity contribution in [3.8, 4) is 10.6 Å². The van der Waals surface area contributed by atoms with E-state index in [1.165, 1.54) is 17.4 Å². The van der Waals surface area contributed by atoms with Gasteiger partial charge >= 0.3 is 11.7 Å². The topological polar surface area (TPSA) is 83.0 Å². The number of carboxylic acid groups (broad SMARTS) is 1. The number of hydrogen-bond donors (Lipinski definition) is 2. The second-order valence-electron chi connectivity index (χ2n) is 3.20. The lowest BCUT2D eigenvalue weighted by atomic mass is 10.3. The van der Waals surface area contributed by atoms with Crippen molar-refractivity contribution in [3.63, 3.8) is 0 Å². The smallest absolute Gasteiger partial charge is 0.354 e. The van der Waals surface area contributed by atoms with Crippen LogP contribution in [0.25, 0.3) is 10.6 Å². The van der Waals surface area contributed by atoms with Crippen LogP contribution in [-0.2, 0) is 0 Å². The van der Waals surface area contributed by atoms with Crippen LogP contribution in [0.2, 0.25) is 0 Å². The van der Waals surface area contributed by atoms with E-state index in [1.807, 2.05) is 19.1 Å². The molecule has 0 fully saturated rings. The Kier molecular flexibility index (Phi) is 2.57. The molecule has 0 unspecified atom stereocenters. The molecule has 2 aromatic rings. The van der Waals surface area contributed by atoms with Crippen LogP contribution in [0.3, 0.4) is 0 Å². The van der Waals surface area contributed by atoms with Gasteiger partial charge in [0.25, 0.3) is 0 Å². The van der Waals surface area contributed by atoms with Crippen molar-refractivity contribution in [2.45, 2.75) is 6.92 Å². The molecule has 2 aromatic heterocycles. The van der Waals surface area contributed by atoms with E-state index in [4.69, 9.17) is 5.11 Å². The van der Waals surface area contributed by atoms with Gasteiger partial charge in [-0.3, -0.25) is 0 Å². The molecule has 2 N–H and O–H groups in total. The first-order chi connectivity index (χ1) is 7.56. The minimum atomic E-state index is -1.21. The summed E-state index contributed by atoms with van der Waals surface area (Å²) in [5, 5.41) is 8.77. The van der Waals surface area contributed by atoms with E-state index in [2.05, 4.69) is 9.97 Å². The summed E-state index contributed by atoms with van der Waals surface area (Å²) in [4.78, 5) is 29.7. The van der Waals surface area contributed by atoms with Crippen LogP contribution in [-0.4, -0.2) is 21.0 Å². The van der Waals surface area contributed by atoms with E-state index in [1.54, 1.807) is 0 Å². The summed E-state index contributed by atoms with van der Waals surface area (Å²) >= 11 is 1.48. The van der Waals surface area contributed by atoms with Gasteiger partial charge in [0.15, 0.2) is 5.69 Å². The van der Waals surface area contributed by atoms with Crippen LogP contribution in [0.5, 0.6) is 0 Å². The van der Waals surface area contributed by atoms with Crippen LogP contribution < -0.4 is 5.69 Å². The quantitative estimate of drug-likeness (QED) is 0.827. The fourth-order valence-corrected chi connectivity index (χ4v) is 2.12. The highest BCUT2D eigenvalue weighted by Crippen LogP contribution is 2.25. The highest BCUT2D eigenvalue weighted by Gasteiger charge is 2.10. The number of carboxylic acids is 1. The van der Waals surface area contributed by atoms with Gasteiger partial charge in [-0.1, -0.05) is 0 Å². The summed E-state index contributed by atoms with van der Waals surface area (Å²) in [5.41, 5.74) is -0.416. The number of aromatic amines is 1. The maximum atomic E-state index is 11.2. The van der Waals surface area contributed by atoms with Gasteiger partial charge in [0.1, 0.15) is 0 Å². The Morgan fingerprint density at radius 3 is 2.81 bits per heavy atom. The summed E-state index contributed by atoms with van der Waals surface area (Å²) in [6.45, 7) is 1.94. The predicted octanol–water partition coefficient (Wildman–Crippen LogP) is 1.51. The molecule has 0 bridgehead atoms. The number of aromatic nitrogens is 2. The molecule has 0 radical (unpaired) electrons. The van der Waals surface area contributed by atoms with Crippen molar-refractivity contribution in [1.82, 2.24) is 9.97 Å². The van der Waals surface area contributed by atoms with Crippen molar-refractivity contribution >= 4 is 17.3 Å². The molecule has 0 aromatic carbocycles. The van der Waals surface area contributed by atoms with E-state index in [-0.39, 0.29) is 5.69 Å². The van der Waals surface area contributed by atoms with E-state index in [9.17, 15) is 9.59 Å². The Balaban J connectivity index is 2.57. The summed E-state index contributed by atoms with van der Waals surface area (Å²) in [7, 11) is 0. The largest absolute Gasteiger partial charge is 0.477 e. The number of carbonyl (C=O) groups is 1. The van der Waals surface area contributed by atoms with Gasteiger partial charge in [0.2, 0.25) is 0 Å². The zero-order valence-corrected chi connectivity index (χ0v) is 9.17. The van der Waals surface area contributed by atoms with Gasteiger partial charge in [-0.25, -0.2) is 9.59 Å². The Bertz CT molecular complexity index is 600. The normalized spacial score (nSPS) is 10.3. The number of thiophene rings is 1. The van der Waals surface area contributed by atoms with Gasteiger partial charge in [0, 0.05) is 4.88 Å². The molecule has 82 valence electrons. The monoisotopic (exact) mass is 236 g/mol. The number of nitrogens with zero attached hydrogens (tertiary/aromatic N) is 1. The molecule has 0 aliphatic heterocycles. The Morgan fingerprint density at radius 1 is 1.50 bits per heavy atom. The van der Waals surface area contributed by atoms with Crippen molar-refractivity contribution in [3.05, 3.63) is 39.3 Å². The molecule has 0 spiro atoms. The molecule has 0 aliphatic rings. The molecular weight excluding hydrogens is 228 g/mol. The highest BCUT2D eigenvalue weighted by molar-refractivity contribution is 7.15. The third kappa shape index (κ3) is 2.01. The molecule has 0 amide bonds. The van der Waals surface area contributed by atoms with Crippen molar-refractivity contribution in [2.24, 2.45) is 0 Å². The fourth-order valence-electron chi connectivity index (χ4n) is 1.28. The van der Waals surface area contributed by atoms with Crippen molar-refractivity contribution in [2.75, 3.05) is 0 Å². The van der Waals surface area contributed by atoms with Gasteiger partial charge in [-0.15, -0.1) is 11.3 Å². The average Bonchev–Trinajstić information content (AvgIpc) is 2.64. The molecule has 0 atom stereocenters. The SMILES string of the molecule is Cc1ccc(-c2cc(C(=O)O)nc(=O)[nH]2)s1. The first-order valence-electron chi connectivity index (χ1n) is 4.48. The van der Waals surface area contributed by atoms with Crippen molar-refractivity contribution in [1.29, 1.82) is 0 Å². The van der Waals surface area contributed by atoms with Gasteiger partial charge in [-0.2, -0.15) is 4.98 Å². The lowest BCUT2D eigenvalue weighted by molar-refractivity contribution is 0.0690. The molecule has 2 heterocycles. The first kappa shape index (κ1) is 10.6. The summed E-state index contributed by atoms with van der Waals surface area (Å²) in [6, 6.07) is 5.09. The van der Waals surface area contributed by atoms with Crippen molar-refractivity contribution < 1.29 is 9.90 Å². The minimum absolute atomic E-state index is 0.246. The van der Waals surface area contributed by atoms with Crippen LogP contribution in [0, 0.1) is 6.92 Å². The molecule has 6 heteroatoms. The van der Waals surface area contributed by atoms with Crippen LogP contribution in [0.4, 0.5) is 0 Å². The van der Waals surface area contributed by atoms with E-state index >= 15 is 0 Å². The highest BCUT2D eigenvalue weighted by atomic mass is 32.1. The van der Waals surface area contributed by atoms with E-state index < -0.39 is 11.7 Å². The number of rotatable bonds is 2. The number of nitrogens with one attached hydrogen (secondary N) is 1. The molecule has 0 saturated carbocycles. The van der Waals surface area contributed by atoms with E-state index in [0.29, 0.717) is 5.69 Å². The lowest BCUT2D eigenvalue weighted by Gasteiger charge is -1.98. The second kappa shape index (κ2) is 3.90. The van der Waals surface area contributed by atoms with Gasteiger partial charge in [-0.05, 0) is 25.1 Å².